The third-order valence-corrected chi connectivity index (χ3v) is 4.62. The molecule has 0 aliphatic carbocycles. The highest BCUT2D eigenvalue weighted by molar-refractivity contribution is 9.10. The van der Waals surface area contributed by atoms with Gasteiger partial charge in [0, 0.05) is 32.7 Å². The van der Waals surface area contributed by atoms with Gasteiger partial charge in [-0.3, -0.25) is 0 Å². The van der Waals surface area contributed by atoms with E-state index in [0.717, 1.165) is 19.4 Å². The molecular formula is C11H17BrClNS. The van der Waals surface area contributed by atoms with Gasteiger partial charge in [-0.25, -0.2) is 0 Å². The largest absolute Gasteiger partial charge is 0.307 e. The lowest BCUT2D eigenvalue weighted by molar-refractivity contribution is 0.332. The van der Waals surface area contributed by atoms with Gasteiger partial charge in [0.2, 0.25) is 0 Å². The Morgan fingerprint density at radius 3 is 2.80 bits per heavy atom. The van der Waals surface area contributed by atoms with Gasteiger partial charge in [0.05, 0.1) is 0 Å². The molecule has 0 aliphatic heterocycles. The van der Waals surface area contributed by atoms with E-state index in [-0.39, 0.29) is 5.54 Å². The van der Waals surface area contributed by atoms with Gasteiger partial charge in [-0.05, 0) is 41.8 Å². The van der Waals surface area contributed by atoms with Gasteiger partial charge in [0.15, 0.2) is 0 Å². The zero-order valence-corrected chi connectivity index (χ0v) is 12.3. The van der Waals surface area contributed by atoms with E-state index in [2.05, 4.69) is 46.5 Å². The molecule has 1 aromatic rings. The lowest BCUT2D eigenvalue weighted by Gasteiger charge is -2.28. The highest BCUT2D eigenvalue weighted by Gasteiger charge is 2.20. The first-order valence-corrected chi connectivity index (χ1v) is 7.34. The second kappa shape index (κ2) is 6.24. The van der Waals surface area contributed by atoms with E-state index in [1.54, 1.807) is 11.3 Å². The van der Waals surface area contributed by atoms with E-state index < -0.39 is 0 Å². The first-order chi connectivity index (χ1) is 7.09. The minimum atomic E-state index is 0.165. The first-order valence-electron chi connectivity index (χ1n) is 5.13. The second-order valence-electron chi connectivity index (χ2n) is 3.94. The fourth-order valence-electron chi connectivity index (χ4n) is 1.35. The van der Waals surface area contributed by atoms with Crippen molar-refractivity contribution in [1.82, 2.24) is 5.32 Å². The average molecular weight is 311 g/mol. The van der Waals surface area contributed by atoms with E-state index in [1.807, 2.05) is 0 Å². The van der Waals surface area contributed by atoms with Crippen LogP contribution in [0.4, 0.5) is 0 Å². The highest BCUT2D eigenvalue weighted by Crippen LogP contribution is 2.21. The number of hydrogen-bond donors (Lipinski definition) is 1. The van der Waals surface area contributed by atoms with Crippen LogP contribution in [-0.2, 0) is 6.54 Å². The Kier molecular flexibility index (Phi) is 5.61. The molecule has 1 unspecified atom stereocenters. The fraction of sp³-hybridized carbons (Fsp3) is 0.636. The molecular weight excluding hydrogens is 294 g/mol. The molecule has 1 heterocycles. The Bertz CT molecular complexity index is 303. The van der Waals surface area contributed by atoms with Crippen LogP contribution in [0.5, 0.6) is 0 Å². The molecule has 0 aliphatic rings. The number of nitrogens with one attached hydrogen (secondary N) is 1. The zero-order chi connectivity index (χ0) is 11.3. The van der Waals surface area contributed by atoms with Crippen LogP contribution in [-0.4, -0.2) is 11.4 Å². The third kappa shape index (κ3) is 4.43. The quantitative estimate of drug-likeness (QED) is 0.768. The lowest BCUT2D eigenvalue weighted by Crippen LogP contribution is -2.41. The van der Waals surface area contributed by atoms with Crippen molar-refractivity contribution in [2.24, 2.45) is 0 Å². The van der Waals surface area contributed by atoms with Crippen molar-refractivity contribution in [2.75, 3.05) is 5.88 Å². The summed E-state index contributed by atoms with van der Waals surface area (Å²) in [5.41, 5.74) is 0.165. The standard InChI is InChI=1S/C11H17BrClNS/c1-3-11(2,4-5-13)14-7-10-6-9(12)8-15-10/h6,8,14H,3-5,7H2,1-2H3. The summed E-state index contributed by atoms with van der Waals surface area (Å²) in [5, 5.41) is 5.69. The van der Waals surface area contributed by atoms with Crippen molar-refractivity contribution >= 4 is 38.9 Å². The van der Waals surface area contributed by atoms with Crippen LogP contribution < -0.4 is 5.32 Å². The topological polar surface area (TPSA) is 12.0 Å². The molecule has 0 aromatic carbocycles. The minimum absolute atomic E-state index is 0.165. The summed E-state index contributed by atoms with van der Waals surface area (Å²) in [4.78, 5) is 1.36. The Morgan fingerprint density at radius 2 is 2.33 bits per heavy atom. The van der Waals surface area contributed by atoms with E-state index >= 15 is 0 Å². The molecule has 0 spiro atoms. The lowest BCUT2D eigenvalue weighted by atomic mass is 9.95. The molecule has 4 heteroatoms. The molecule has 1 N–H and O–H groups in total. The van der Waals surface area contributed by atoms with Crippen LogP contribution in [0, 0.1) is 0 Å². The minimum Gasteiger partial charge on any atom is -0.307 e. The van der Waals surface area contributed by atoms with Crippen molar-refractivity contribution in [2.45, 2.75) is 38.8 Å². The molecule has 15 heavy (non-hydrogen) atoms. The Balaban J connectivity index is 2.47. The molecule has 0 bridgehead atoms. The zero-order valence-electron chi connectivity index (χ0n) is 9.15. The summed E-state index contributed by atoms with van der Waals surface area (Å²) in [6.07, 6.45) is 2.11. The first kappa shape index (κ1) is 13.5. The summed E-state index contributed by atoms with van der Waals surface area (Å²) in [6.45, 7) is 5.36. The van der Waals surface area contributed by atoms with Crippen molar-refractivity contribution in [3.05, 3.63) is 20.8 Å². The molecule has 0 saturated heterocycles. The summed E-state index contributed by atoms with van der Waals surface area (Å²) in [6, 6.07) is 2.16. The van der Waals surface area contributed by atoms with Crippen LogP contribution in [0.1, 0.15) is 31.6 Å². The van der Waals surface area contributed by atoms with Gasteiger partial charge in [-0.1, -0.05) is 6.92 Å². The number of thiophene rings is 1. The van der Waals surface area contributed by atoms with Gasteiger partial charge < -0.3 is 5.32 Å². The maximum Gasteiger partial charge on any atom is 0.0305 e. The molecule has 0 amide bonds. The molecule has 0 fully saturated rings. The van der Waals surface area contributed by atoms with Gasteiger partial charge >= 0.3 is 0 Å². The number of alkyl halides is 1. The van der Waals surface area contributed by atoms with Crippen LogP contribution in [0.15, 0.2) is 15.9 Å². The Morgan fingerprint density at radius 1 is 1.60 bits per heavy atom. The third-order valence-electron chi connectivity index (χ3n) is 2.74. The van der Waals surface area contributed by atoms with Gasteiger partial charge in [0.1, 0.15) is 0 Å². The Hall–Kier alpha value is 0.430. The summed E-state index contributed by atoms with van der Waals surface area (Å²) in [5.74, 6) is 0.714. The van der Waals surface area contributed by atoms with Crippen molar-refractivity contribution in [1.29, 1.82) is 0 Å². The maximum absolute atomic E-state index is 5.81. The fourth-order valence-corrected chi connectivity index (χ4v) is 3.15. The predicted octanol–water partition coefficient (Wildman–Crippen LogP) is 4.40. The maximum atomic E-state index is 5.81. The van der Waals surface area contributed by atoms with Gasteiger partial charge in [-0.2, -0.15) is 0 Å². The molecule has 86 valence electrons. The molecule has 1 rings (SSSR count). The summed E-state index contributed by atoms with van der Waals surface area (Å²) < 4.78 is 1.17. The molecule has 0 saturated carbocycles. The number of rotatable bonds is 6. The van der Waals surface area contributed by atoms with Gasteiger partial charge in [0.25, 0.3) is 0 Å². The molecule has 1 aromatic heterocycles. The van der Waals surface area contributed by atoms with E-state index in [0.29, 0.717) is 5.88 Å². The monoisotopic (exact) mass is 309 g/mol. The van der Waals surface area contributed by atoms with Gasteiger partial charge in [-0.15, -0.1) is 22.9 Å². The van der Waals surface area contributed by atoms with Crippen LogP contribution in [0.3, 0.4) is 0 Å². The molecule has 1 nitrogen and oxygen atoms in total. The summed E-state index contributed by atoms with van der Waals surface area (Å²) in [7, 11) is 0. The number of hydrogen-bond acceptors (Lipinski definition) is 2. The van der Waals surface area contributed by atoms with Crippen molar-refractivity contribution in [3.63, 3.8) is 0 Å². The van der Waals surface area contributed by atoms with E-state index in [9.17, 15) is 0 Å². The predicted molar refractivity (Wildman–Crippen MR) is 72.9 cm³/mol. The SMILES string of the molecule is CCC(C)(CCCl)NCc1cc(Br)cs1. The number of halogens is 2. The van der Waals surface area contributed by atoms with Crippen molar-refractivity contribution in [3.8, 4) is 0 Å². The molecule has 1 atom stereocenters. The second-order valence-corrected chi connectivity index (χ2v) is 6.23. The Labute approximate surface area is 109 Å². The molecule has 0 radical (unpaired) electrons. The smallest absolute Gasteiger partial charge is 0.0305 e. The van der Waals surface area contributed by atoms with Crippen molar-refractivity contribution < 1.29 is 0 Å². The highest BCUT2D eigenvalue weighted by atomic mass is 79.9. The van der Waals surface area contributed by atoms with E-state index in [1.165, 1.54) is 9.35 Å². The normalized spacial score (nSPS) is 15.2. The average Bonchev–Trinajstić information content (AvgIpc) is 2.62. The summed E-state index contributed by atoms with van der Waals surface area (Å²) >= 11 is 11.0. The van der Waals surface area contributed by atoms with Crippen LogP contribution in [0.25, 0.3) is 0 Å². The van der Waals surface area contributed by atoms with Crippen LogP contribution in [0.2, 0.25) is 0 Å². The van der Waals surface area contributed by atoms with Crippen LogP contribution >= 0.6 is 38.9 Å². The van der Waals surface area contributed by atoms with E-state index in [4.69, 9.17) is 11.6 Å².